The summed E-state index contributed by atoms with van der Waals surface area (Å²) in [5, 5.41) is 0. The van der Waals surface area contributed by atoms with Crippen molar-refractivity contribution in [1.29, 1.82) is 0 Å². The van der Waals surface area contributed by atoms with Gasteiger partial charge in [0.05, 0.1) is 6.10 Å². The van der Waals surface area contributed by atoms with Gasteiger partial charge in [-0.15, -0.1) is 0 Å². The molecule has 3 nitrogen and oxygen atoms in total. The molecule has 0 radical (unpaired) electrons. The van der Waals surface area contributed by atoms with E-state index in [1.165, 1.54) is 0 Å². The predicted molar refractivity (Wildman–Crippen MR) is 48.2 cm³/mol. The first-order valence-electron chi connectivity index (χ1n) is 5.01. The van der Waals surface area contributed by atoms with Gasteiger partial charge in [-0.1, -0.05) is 12.8 Å². The van der Waals surface area contributed by atoms with E-state index in [1.54, 1.807) is 0 Å². The molecule has 0 heterocycles. The maximum atomic E-state index is 11.7. The van der Waals surface area contributed by atoms with Crippen LogP contribution in [0, 0.1) is 0 Å². The summed E-state index contributed by atoms with van der Waals surface area (Å²) in [4.78, 5) is 0. The highest BCUT2D eigenvalue weighted by Gasteiger charge is 2.28. The van der Waals surface area contributed by atoms with Gasteiger partial charge in [0, 0.05) is 6.04 Å². The van der Waals surface area contributed by atoms with Gasteiger partial charge in [0.15, 0.2) is 0 Å². The molecular formula is C9H16F3NO2. The molecule has 0 spiro atoms. The van der Waals surface area contributed by atoms with Crippen molar-refractivity contribution in [2.24, 2.45) is 5.73 Å². The summed E-state index contributed by atoms with van der Waals surface area (Å²) in [5.41, 5.74) is 5.74. The van der Waals surface area contributed by atoms with E-state index in [0.29, 0.717) is 0 Å². The summed E-state index contributed by atoms with van der Waals surface area (Å²) in [7, 11) is 0. The fourth-order valence-electron chi connectivity index (χ4n) is 1.63. The molecule has 2 unspecified atom stereocenters. The minimum Gasteiger partial charge on any atom is -0.351 e. The van der Waals surface area contributed by atoms with E-state index in [0.717, 1.165) is 25.7 Å². The monoisotopic (exact) mass is 227 g/mol. The van der Waals surface area contributed by atoms with Gasteiger partial charge in [-0.2, -0.15) is 13.2 Å². The van der Waals surface area contributed by atoms with Crippen molar-refractivity contribution in [2.45, 2.75) is 44.0 Å². The second kappa shape index (κ2) is 5.67. The Morgan fingerprint density at radius 2 is 1.87 bits per heavy atom. The lowest BCUT2D eigenvalue weighted by atomic mass is 9.93. The van der Waals surface area contributed by atoms with Crippen molar-refractivity contribution in [1.82, 2.24) is 0 Å². The maximum absolute atomic E-state index is 11.7. The molecule has 2 atom stereocenters. The van der Waals surface area contributed by atoms with Crippen molar-refractivity contribution < 1.29 is 22.6 Å². The van der Waals surface area contributed by atoms with Gasteiger partial charge in [0.25, 0.3) is 0 Å². The quantitative estimate of drug-likeness (QED) is 0.588. The van der Waals surface area contributed by atoms with Gasteiger partial charge < -0.3 is 15.2 Å². The van der Waals surface area contributed by atoms with Crippen LogP contribution in [-0.2, 0) is 9.47 Å². The van der Waals surface area contributed by atoms with Crippen LogP contribution in [0.3, 0.4) is 0 Å². The molecule has 0 aromatic rings. The van der Waals surface area contributed by atoms with Crippen LogP contribution in [0.2, 0.25) is 0 Å². The van der Waals surface area contributed by atoms with Crippen LogP contribution < -0.4 is 5.73 Å². The second-order valence-corrected chi connectivity index (χ2v) is 3.73. The van der Waals surface area contributed by atoms with Crippen molar-refractivity contribution in [2.75, 3.05) is 13.4 Å². The molecule has 0 aromatic carbocycles. The molecule has 0 bridgehead atoms. The topological polar surface area (TPSA) is 44.5 Å². The zero-order valence-corrected chi connectivity index (χ0v) is 8.43. The van der Waals surface area contributed by atoms with Gasteiger partial charge in [0.2, 0.25) is 0 Å². The van der Waals surface area contributed by atoms with Gasteiger partial charge in [0.1, 0.15) is 13.4 Å². The van der Waals surface area contributed by atoms with Gasteiger partial charge >= 0.3 is 6.18 Å². The summed E-state index contributed by atoms with van der Waals surface area (Å²) in [6.45, 7) is -1.60. The lowest BCUT2D eigenvalue weighted by Gasteiger charge is -2.28. The van der Waals surface area contributed by atoms with Crippen LogP contribution in [0.1, 0.15) is 25.7 Å². The predicted octanol–water partition coefficient (Wildman–Crippen LogP) is 1.81. The van der Waals surface area contributed by atoms with Crippen molar-refractivity contribution in [3.8, 4) is 0 Å². The van der Waals surface area contributed by atoms with Gasteiger partial charge in [-0.05, 0) is 12.8 Å². The summed E-state index contributed by atoms with van der Waals surface area (Å²) in [5.74, 6) is 0. The molecule has 0 amide bonds. The Morgan fingerprint density at radius 3 is 2.47 bits per heavy atom. The number of alkyl halides is 3. The molecule has 0 aromatic heterocycles. The Morgan fingerprint density at radius 1 is 1.20 bits per heavy atom. The highest BCUT2D eigenvalue weighted by molar-refractivity contribution is 4.77. The Kier molecular flexibility index (Phi) is 4.82. The number of halogens is 3. The fraction of sp³-hybridized carbons (Fsp3) is 1.00. The van der Waals surface area contributed by atoms with Crippen LogP contribution in [0.15, 0.2) is 0 Å². The van der Waals surface area contributed by atoms with Crippen LogP contribution in [0.5, 0.6) is 0 Å². The largest absolute Gasteiger partial charge is 0.411 e. The van der Waals surface area contributed by atoms with E-state index in [4.69, 9.17) is 10.5 Å². The molecule has 6 heteroatoms. The number of nitrogens with two attached hydrogens (primary N) is 1. The Labute approximate surface area is 86.7 Å². The van der Waals surface area contributed by atoms with Crippen LogP contribution in [0.4, 0.5) is 13.2 Å². The standard InChI is InChI=1S/C9H16F3NO2/c10-9(11,12)5-14-6-15-8-4-2-1-3-7(8)13/h7-8H,1-6,13H2. The van der Waals surface area contributed by atoms with Crippen molar-refractivity contribution in [3.05, 3.63) is 0 Å². The molecule has 1 aliphatic carbocycles. The van der Waals surface area contributed by atoms with E-state index in [2.05, 4.69) is 4.74 Å². The third kappa shape index (κ3) is 5.34. The maximum Gasteiger partial charge on any atom is 0.411 e. The Bertz CT molecular complexity index is 187. The number of ether oxygens (including phenoxy) is 2. The normalized spacial score (nSPS) is 28.0. The van der Waals surface area contributed by atoms with Crippen LogP contribution in [0.25, 0.3) is 0 Å². The first-order valence-corrected chi connectivity index (χ1v) is 5.01. The zero-order valence-electron chi connectivity index (χ0n) is 8.43. The Balaban J connectivity index is 2.08. The fourth-order valence-corrected chi connectivity index (χ4v) is 1.63. The highest BCUT2D eigenvalue weighted by atomic mass is 19.4. The van der Waals surface area contributed by atoms with Crippen molar-refractivity contribution >= 4 is 0 Å². The van der Waals surface area contributed by atoms with Gasteiger partial charge in [-0.25, -0.2) is 0 Å². The molecule has 2 N–H and O–H groups in total. The molecule has 1 saturated carbocycles. The molecule has 15 heavy (non-hydrogen) atoms. The number of rotatable bonds is 4. The molecule has 1 rings (SSSR count). The zero-order chi connectivity index (χ0) is 11.3. The summed E-state index contributed by atoms with van der Waals surface area (Å²) >= 11 is 0. The lowest BCUT2D eigenvalue weighted by Crippen LogP contribution is -2.39. The van der Waals surface area contributed by atoms with E-state index in [-0.39, 0.29) is 18.9 Å². The molecule has 1 aliphatic rings. The van der Waals surface area contributed by atoms with Crippen LogP contribution in [-0.4, -0.2) is 31.7 Å². The average molecular weight is 227 g/mol. The average Bonchev–Trinajstić information content (AvgIpc) is 2.13. The third-order valence-corrected chi connectivity index (χ3v) is 2.38. The summed E-state index contributed by atoms with van der Waals surface area (Å²) in [6.07, 6.45) is -0.715. The summed E-state index contributed by atoms with van der Waals surface area (Å²) in [6, 6.07) is -0.0757. The van der Waals surface area contributed by atoms with E-state index >= 15 is 0 Å². The first kappa shape index (κ1) is 12.7. The van der Waals surface area contributed by atoms with E-state index in [9.17, 15) is 13.2 Å². The summed E-state index contributed by atoms with van der Waals surface area (Å²) < 4.78 is 44.6. The molecule has 1 fully saturated rings. The minimum absolute atomic E-state index is 0.0757. The highest BCUT2D eigenvalue weighted by Crippen LogP contribution is 2.20. The van der Waals surface area contributed by atoms with Crippen molar-refractivity contribution in [3.63, 3.8) is 0 Å². The van der Waals surface area contributed by atoms with E-state index < -0.39 is 12.8 Å². The SMILES string of the molecule is NC1CCCCC1OCOCC(F)(F)F. The number of hydrogen-bond donors (Lipinski definition) is 1. The molecule has 0 saturated heterocycles. The number of hydrogen-bond acceptors (Lipinski definition) is 3. The molecule has 90 valence electrons. The molecule has 0 aliphatic heterocycles. The minimum atomic E-state index is -4.29. The lowest BCUT2D eigenvalue weighted by molar-refractivity contribution is -0.205. The Hall–Kier alpha value is -0.330. The van der Waals surface area contributed by atoms with E-state index in [1.807, 2.05) is 0 Å². The third-order valence-electron chi connectivity index (χ3n) is 2.38. The molecular weight excluding hydrogens is 211 g/mol. The first-order chi connectivity index (χ1) is 6.99. The second-order valence-electron chi connectivity index (χ2n) is 3.73. The van der Waals surface area contributed by atoms with Gasteiger partial charge in [-0.3, -0.25) is 0 Å². The smallest absolute Gasteiger partial charge is 0.351 e. The van der Waals surface area contributed by atoms with Crippen LogP contribution >= 0.6 is 0 Å².